The summed E-state index contributed by atoms with van der Waals surface area (Å²) in [5.41, 5.74) is 1.21. The lowest BCUT2D eigenvalue weighted by Gasteiger charge is -2.34. The topological polar surface area (TPSA) is 41.6 Å². The van der Waals surface area contributed by atoms with Crippen molar-refractivity contribution in [3.63, 3.8) is 0 Å². The molecule has 1 aromatic carbocycles. The smallest absolute Gasteiger partial charge is 0.239 e. The highest BCUT2D eigenvalue weighted by atomic mass is 79.9. The summed E-state index contributed by atoms with van der Waals surface area (Å²) in [6.07, 6.45) is 0.950. The van der Waals surface area contributed by atoms with Crippen molar-refractivity contribution in [2.45, 2.75) is 25.9 Å². The average Bonchev–Trinajstić information content (AvgIpc) is 2.48. The van der Waals surface area contributed by atoms with Crippen LogP contribution < -0.4 is 5.32 Å². The van der Waals surface area contributed by atoms with Gasteiger partial charge in [-0.1, -0.05) is 35.0 Å². The molecule has 0 bridgehead atoms. The predicted molar refractivity (Wildman–Crippen MR) is 82.5 cm³/mol. The molecular formula is C15H21BrN2O2. The number of nitrogens with zero attached hydrogens (tertiary/aromatic N) is 1. The molecule has 0 saturated carbocycles. The quantitative estimate of drug-likeness (QED) is 0.893. The van der Waals surface area contributed by atoms with Gasteiger partial charge in [0.1, 0.15) is 6.04 Å². The molecule has 0 aliphatic carbocycles. The van der Waals surface area contributed by atoms with Crippen LogP contribution in [0.4, 0.5) is 0 Å². The minimum absolute atomic E-state index is 0.0728. The lowest BCUT2D eigenvalue weighted by molar-refractivity contribution is -0.132. The number of halogens is 1. The van der Waals surface area contributed by atoms with E-state index in [-0.39, 0.29) is 11.9 Å². The molecule has 1 atom stereocenters. The zero-order valence-electron chi connectivity index (χ0n) is 11.8. The van der Waals surface area contributed by atoms with Crippen molar-refractivity contribution in [3.8, 4) is 0 Å². The van der Waals surface area contributed by atoms with Crippen LogP contribution in [0.15, 0.2) is 28.7 Å². The summed E-state index contributed by atoms with van der Waals surface area (Å²) >= 11 is 3.44. The van der Waals surface area contributed by atoms with E-state index in [2.05, 4.69) is 45.2 Å². The van der Waals surface area contributed by atoms with Gasteiger partial charge in [-0.2, -0.15) is 0 Å². The van der Waals surface area contributed by atoms with Crippen molar-refractivity contribution in [1.82, 2.24) is 10.2 Å². The van der Waals surface area contributed by atoms with Crippen LogP contribution in [-0.2, 0) is 16.1 Å². The Morgan fingerprint density at radius 3 is 2.90 bits per heavy atom. The van der Waals surface area contributed by atoms with Crippen LogP contribution in [0.3, 0.4) is 0 Å². The molecule has 1 N–H and O–H groups in total. The normalized spacial score (nSPS) is 19.8. The van der Waals surface area contributed by atoms with Gasteiger partial charge < -0.3 is 10.1 Å². The summed E-state index contributed by atoms with van der Waals surface area (Å²) in [6.45, 7) is 5.51. The number of benzene rings is 1. The molecule has 1 aliphatic rings. The molecule has 110 valence electrons. The lowest BCUT2D eigenvalue weighted by atomic mass is 10.1. The van der Waals surface area contributed by atoms with Crippen molar-refractivity contribution in [3.05, 3.63) is 34.3 Å². The van der Waals surface area contributed by atoms with E-state index in [0.29, 0.717) is 13.2 Å². The molecule has 1 amide bonds. The van der Waals surface area contributed by atoms with Crippen molar-refractivity contribution in [2.24, 2.45) is 0 Å². The molecule has 20 heavy (non-hydrogen) atoms. The Labute approximate surface area is 128 Å². The number of carbonyl (C=O) groups excluding carboxylic acids is 1. The van der Waals surface area contributed by atoms with Crippen LogP contribution in [0.1, 0.15) is 18.9 Å². The maximum absolute atomic E-state index is 12.2. The highest BCUT2D eigenvalue weighted by molar-refractivity contribution is 9.10. The van der Waals surface area contributed by atoms with Crippen LogP contribution in [0, 0.1) is 0 Å². The van der Waals surface area contributed by atoms with Crippen molar-refractivity contribution < 1.29 is 9.53 Å². The van der Waals surface area contributed by atoms with Gasteiger partial charge in [0, 0.05) is 24.1 Å². The van der Waals surface area contributed by atoms with E-state index in [0.717, 1.165) is 30.5 Å². The van der Waals surface area contributed by atoms with Gasteiger partial charge in [-0.15, -0.1) is 0 Å². The number of amides is 1. The van der Waals surface area contributed by atoms with Crippen molar-refractivity contribution in [1.29, 1.82) is 0 Å². The summed E-state index contributed by atoms with van der Waals surface area (Å²) in [7, 11) is 0. The molecule has 1 heterocycles. The van der Waals surface area contributed by atoms with E-state index in [1.54, 1.807) is 0 Å². The van der Waals surface area contributed by atoms with Gasteiger partial charge in [0.05, 0.1) is 13.2 Å². The minimum atomic E-state index is -0.182. The van der Waals surface area contributed by atoms with Crippen molar-refractivity contribution in [2.75, 3.05) is 26.3 Å². The number of morpholine rings is 1. The van der Waals surface area contributed by atoms with E-state index in [1.165, 1.54) is 5.56 Å². The Morgan fingerprint density at radius 1 is 1.45 bits per heavy atom. The number of rotatable bonds is 5. The third-order valence-electron chi connectivity index (χ3n) is 3.39. The first-order valence-corrected chi connectivity index (χ1v) is 7.84. The fourth-order valence-electron chi connectivity index (χ4n) is 2.26. The molecule has 1 fully saturated rings. The third kappa shape index (κ3) is 4.30. The number of nitrogens with one attached hydrogen (secondary N) is 1. The summed E-state index contributed by atoms with van der Waals surface area (Å²) in [5.74, 6) is 0.0728. The Balaban J connectivity index is 1.99. The van der Waals surface area contributed by atoms with E-state index in [4.69, 9.17) is 4.74 Å². The largest absolute Gasteiger partial charge is 0.378 e. The number of ether oxygens (including phenoxy) is 1. The van der Waals surface area contributed by atoms with Crippen LogP contribution in [0.5, 0.6) is 0 Å². The minimum Gasteiger partial charge on any atom is -0.378 e. The second-order valence-corrected chi connectivity index (χ2v) is 5.89. The number of carbonyl (C=O) groups is 1. The van der Waals surface area contributed by atoms with Gasteiger partial charge >= 0.3 is 0 Å². The predicted octanol–water partition coefficient (Wildman–Crippen LogP) is 2.18. The van der Waals surface area contributed by atoms with Gasteiger partial charge in [0.15, 0.2) is 0 Å². The first kappa shape index (κ1) is 15.5. The standard InChI is InChI=1S/C15H21BrN2O2/c1-2-7-17-15(19)14-11-20-9-8-18(14)10-12-3-5-13(16)6-4-12/h3-6,14H,2,7-11H2,1H3,(H,17,19). The molecule has 0 aromatic heterocycles. The second kappa shape index (κ2) is 7.76. The zero-order chi connectivity index (χ0) is 14.4. The Morgan fingerprint density at radius 2 is 2.20 bits per heavy atom. The molecule has 1 aromatic rings. The third-order valence-corrected chi connectivity index (χ3v) is 3.92. The van der Waals surface area contributed by atoms with Gasteiger partial charge in [0.2, 0.25) is 5.91 Å². The Hall–Kier alpha value is -0.910. The van der Waals surface area contributed by atoms with Crippen LogP contribution in [0.2, 0.25) is 0 Å². The number of hydrogen-bond donors (Lipinski definition) is 1. The molecular weight excluding hydrogens is 320 g/mol. The molecule has 0 radical (unpaired) electrons. The Kier molecular flexibility index (Phi) is 6.01. The second-order valence-electron chi connectivity index (χ2n) is 4.98. The maximum Gasteiger partial charge on any atom is 0.239 e. The fraction of sp³-hybridized carbons (Fsp3) is 0.533. The maximum atomic E-state index is 12.2. The first-order chi connectivity index (χ1) is 9.70. The SMILES string of the molecule is CCCNC(=O)C1COCCN1Cc1ccc(Br)cc1. The van der Waals surface area contributed by atoms with Gasteiger partial charge in [0.25, 0.3) is 0 Å². The van der Waals surface area contributed by atoms with E-state index in [1.807, 2.05) is 12.1 Å². The Bertz CT molecular complexity index is 436. The molecule has 0 spiro atoms. The monoisotopic (exact) mass is 340 g/mol. The zero-order valence-corrected chi connectivity index (χ0v) is 13.4. The van der Waals surface area contributed by atoms with E-state index >= 15 is 0 Å². The summed E-state index contributed by atoms with van der Waals surface area (Å²) in [4.78, 5) is 14.4. The lowest BCUT2D eigenvalue weighted by Crippen LogP contribution is -2.53. The fourth-order valence-corrected chi connectivity index (χ4v) is 2.52. The summed E-state index contributed by atoms with van der Waals surface area (Å²) in [5, 5.41) is 2.96. The molecule has 4 nitrogen and oxygen atoms in total. The average molecular weight is 341 g/mol. The van der Waals surface area contributed by atoms with Crippen LogP contribution in [-0.4, -0.2) is 43.2 Å². The summed E-state index contributed by atoms with van der Waals surface area (Å²) in [6, 6.07) is 8.05. The van der Waals surface area contributed by atoms with Crippen LogP contribution in [0.25, 0.3) is 0 Å². The van der Waals surface area contributed by atoms with Gasteiger partial charge in [-0.3, -0.25) is 9.69 Å². The molecule has 1 unspecified atom stereocenters. The summed E-state index contributed by atoms with van der Waals surface area (Å²) < 4.78 is 6.53. The molecule has 5 heteroatoms. The highest BCUT2D eigenvalue weighted by Gasteiger charge is 2.28. The first-order valence-electron chi connectivity index (χ1n) is 7.04. The highest BCUT2D eigenvalue weighted by Crippen LogP contribution is 2.15. The van der Waals surface area contributed by atoms with E-state index in [9.17, 15) is 4.79 Å². The van der Waals surface area contributed by atoms with E-state index < -0.39 is 0 Å². The van der Waals surface area contributed by atoms with Gasteiger partial charge in [-0.25, -0.2) is 0 Å². The van der Waals surface area contributed by atoms with Gasteiger partial charge in [-0.05, 0) is 24.1 Å². The molecule has 1 aliphatic heterocycles. The molecule has 1 saturated heterocycles. The number of hydrogen-bond acceptors (Lipinski definition) is 3. The van der Waals surface area contributed by atoms with Crippen molar-refractivity contribution >= 4 is 21.8 Å². The molecule has 2 rings (SSSR count). The van der Waals surface area contributed by atoms with Crippen LogP contribution >= 0.6 is 15.9 Å².